The molecule has 0 aliphatic rings. The van der Waals surface area contributed by atoms with Crippen LogP contribution in [0.5, 0.6) is 5.75 Å². The Bertz CT molecular complexity index is 1040. The first-order valence-electron chi connectivity index (χ1n) is 9.56. The first-order valence-corrected chi connectivity index (χ1v) is 9.94. The van der Waals surface area contributed by atoms with Gasteiger partial charge in [-0.05, 0) is 57.0 Å². The maximum absolute atomic E-state index is 12.8. The Morgan fingerprint density at radius 3 is 2.66 bits per heavy atom. The number of H-pyrrole nitrogens is 1. The summed E-state index contributed by atoms with van der Waals surface area (Å²) in [5.74, 6) is 0.113. The lowest BCUT2D eigenvalue weighted by molar-refractivity contribution is -0.146. The highest BCUT2D eigenvalue weighted by molar-refractivity contribution is 6.30. The zero-order valence-electron chi connectivity index (χ0n) is 16.8. The number of esters is 1. The van der Waals surface area contributed by atoms with E-state index in [9.17, 15) is 9.59 Å². The molecule has 0 amide bonds. The zero-order chi connectivity index (χ0) is 21.0. The van der Waals surface area contributed by atoms with Crippen LogP contribution in [0.15, 0.2) is 42.5 Å². The van der Waals surface area contributed by atoms with Crippen molar-refractivity contribution < 1.29 is 19.1 Å². The number of aromatic amines is 1. The summed E-state index contributed by atoms with van der Waals surface area (Å²) in [7, 11) is 0. The van der Waals surface area contributed by atoms with Crippen molar-refractivity contribution in [2.45, 2.75) is 39.7 Å². The van der Waals surface area contributed by atoms with E-state index in [-0.39, 0.29) is 12.2 Å². The third-order valence-corrected chi connectivity index (χ3v) is 4.97. The van der Waals surface area contributed by atoms with E-state index in [4.69, 9.17) is 21.1 Å². The van der Waals surface area contributed by atoms with Crippen LogP contribution in [0.2, 0.25) is 5.02 Å². The summed E-state index contributed by atoms with van der Waals surface area (Å²) in [6.07, 6.45) is -0.176. The molecule has 1 aromatic heterocycles. The SMILES string of the molecule is Cc1cc(Cl)ccc1OCCCC(=O)O[C@@H](C)C(=O)c1c(C)[nH]c2ccccc12. The summed E-state index contributed by atoms with van der Waals surface area (Å²) < 4.78 is 11.0. The molecule has 152 valence electrons. The fourth-order valence-corrected chi connectivity index (χ4v) is 3.51. The summed E-state index contributed by atoms with van der Waals surface area (Å²) in [6.45, 7) is 5.74. The molecule has 1 heterocycles. The predicted molar refractivity (Wildman–Crippen MR) is 114 cm³/mol. The van der Waals surface area contributed by atoms with Gasteiger partial charge in [-0.1, -0.05) is 29.8 Å². The van der Waals surface area contributed by atoms with Gasteiger partial charge in [0, 0.05) is 33.6 Å². The average molecular weight is 414 g/mol. The quantitative estimate of drug-likeness (QED) is 0.304. The number of fused-ring (bicyclic) bond motifs is 1. The largest absolute Gasteiger partial charge is 0.493 e. The Kier molecular flexibility index (Phi) is 6.60. The van der Waals surface area contributed by atoms with Crippen molar-refractivity contribution >= 4 is 34.3 Å². The van der Waals surface area contributed by atoms with Crippen molar-refractivity contribution in [2.24, 2.45) is 0 Å². The molecule has 0 bridgehead atoms. The molecule has 2 aromatic carbocycles. The third kappa shape index (κ3) is 4.98. The lowest BCUT2D eigenvalue weighted by Gasteiger charge is -2.13. The van der Waals surface area contributed by atoms with Crippen molar-refractivity contribution in [1.82, 2.24) is 4.98 Å². The van der Waals surface area contributed by atoms with Crippen LogP contribution >= 0.6 is 11.6 Å². The molecule has 0 aliphatic heterocycles. The predicted octanol–water partition coefficient (Wildman–Crippen LogP) is 5.41. The van der Waals surface area contributed by atoms with Crippen molar-refractivity contribution in [1.29, 1.82) is 0 Å². The number of carbonyl (C=O) groups is 2. The van der Waals surface area contributed by atoms with Crippen LogP contribution in [0.1, 0.15) is 41.4 Å². The fourth-order valence-electron chi connectivity index (χ4n) is 3.28. The van der Waals surface area contributed by atoms with Gasteiger partial charge in [0.15, 0.2) is 6.10 Å². The molecule has 29 heavy (non-hydrogen) atoms. The van der Waals surface area contributed by atoms with Gasteiger partial charge in [-0.25, -0.2) is 0 Å². The summed E-state index contributed by atoms with van der Waals surface area (Å²) in [5.41, 5.74) is 3.17. The first kappa shape index (κ1) is 20.9. The Hall–Kier alpha value is -2.79. The van der Waals surface area contributed by atoms with E-state index < -0.39 is 12.1 Å². The standard InChI is InChI=1S/C23H24ClNO4/c1-14-13-17(24)10-11-20(14)28-12-6-9-21(26)29-16(3)23(27)22-15(2)25-19-8-5-4-7-18(19)22/h4-5,7-8,10-11,13,16,25H,6,9,12H2,1-3H3/t16-/m0/s1. The van der Waals surface area contributed by atoms with Gasteiger partial charge in [0.25, 0.3) is 0 Å². The zero-order valence-corrected chi connectivity index (χ0v) is 17.5. The van der Waals surface area contributed by atoms with Gasteiger partial charge in [0.1, 0.15) is 5.75 Å². The molecule has 0 spiro atoms. The number of hydrogen-bond donors (Lipinski definition) is 1. The number of aromatic nitrogens is 1. The second-order valence-electron chi connectivity index (χ2n) is 7.03. The molecule has 0 fully saturated rings. The number of aryl methyl sites for hydroxylation is 2. The minimum atomic E-state index is -0.847. The number of carbonyl (C=O) groups excluding carboxylic acids is 2. The lowest BCUT2D eigenvalue weighted by atomic mass is 10.0. The van der Waals surface area contributed by atoms with Crippen LogP contribution in [0.25, 0.3) is 10.9 Å². The smallest absolute Gasteiger partial charge is 0.306 e. The van der Waals surface area contributed by atoms with E-state index >= 15 is 0 Å². The Morgan fingerprint density at radius 1 is 1.14 bits per heavy atom. The van der Waals surface area contributed by atoms with Gasteiger partial charge in [0.05, 0.1) is 6.61 Å². The topological polar surface area (TPSA) is 68.4 Å². The second kappa shape index (κ2) is 9.14. The van der Waals surface area contributed by atoms with Crippen LogP contribution in [0.4, 0.5) is 0 Å². The number of ketones is 1. The molecule has 5 nitrogen and oxygen atoms in total. The fraction of sp³-hybridized carbons (Fsp3) is 0.304. The van der Waals surface area contributed by atoms with Crippen LogP contribution in [-0.2, 0) is 9.53 Å². The van der Waals surface area contributed by atoms with Crippen LogP contribution in [-0.4, -0.2) is 29.4 Å². The molecule has 0 saturated carbocycles. The van der Waals surface area contributed by atoms with Gasteiger partial charge >= 0.3 is 5.97 Å². The molecule has 1 atom stereocenters. The van der Waals surface area contributed by atoms with Gasteiger partial charge < -0.3 is 14.5 Å². The number of hydrogen-bond acceptors (Lipinski definition) is 4. The minimum absolute atomic E-state index is 0.178. The molecule has 3 aromatic rings. The minimum Gasteiger partial charge on any atom is -0.493 e. The number of ether oxygens (including phenoxy) is 2. The molecule has 6 heteroatoms. The molecule has 0 unspecified atom stereocenters. The number of rotatable bonds is 8. The highest BCUT2D eigenvalue weighted by Gasteiger charge is 2.24. The third-order valence-electron chi connectivity index (χ3n) is 4.74. The van der Waals surface area contributed by atoms with Crippen LogP contribution < -0.4 is 4.74 Å². The van der Waals surface area contributed by atoms with E-state index in [2.05, 4.69) is 4.98 Å². The van der Waals surface area contributed by atoms with E-state index in [1.807, 2.05) is 44.2 Å². The van der Waals surface area contributed by atoms with E-state index in [1.165, 1.54) is 0 Å². The molecular formula is C23H24ClNO4. The summed E-state index contributed by atoms with van der Waals surface area (Å²) >= 11 is 5.93. The summed E-state index contributed by atoms with van der Waals surface area (Å²) in [6, 6.07) is 13.0. The van der Waals surface area contributed by atoms with Crippen molar-refractivity contribution in [3.05, 3.63) is 64.3 Å². The number of para-hydroxylation sites is 1. The summed E-state index contributed by atoms with van der Waals surface area (Å²) in [5, 5.41) is 1.49. The molecule has 0 saturated heterocycles. The molecule has 0 aliphatic carbocycles. The normalized spacial score (nSPS) is 12.0. The number of nitrogens with one attached hydrogen (secondary N) is 1. The second-order valence-corrected chi connectivity index (χ2v) is 7.47. The highest BCUT2D eigenvalue weighted by Crippen LogP contribution is 2.24. The van der Waals surface area contributed by atoms with Crippen LogP contribution in [0, 0.1) is 13.8 Å². The maximum atomic E-state index is 12.8. The Morgan fingerprint density at radius 2 is 1.90 bits per heavy atom. The molecule has 0 radical (unpaired) electrons. The number of Topliss-reactive ketones (excluding diaryl/α,β-unsaturated/α-hetero) is 1. The van der Waals surface area contributed by atoms with E-state index in [0.717, 1.165) is 27.9 Å². The van der Waals surface area contributed by atoms with Gasteiger partial charge in [-0.2, -0.15) is 0 Å². The van der Waals surface area contributed by atoms with Gasteiger partial charge in [0.2, 0.25) is 5.78 Å². The first-order chi connectivity index (χ1) is 13.9. The molecule has 3 rings (SSSR count). The van der Waals surface area contributed by atoms with Crippen molar-refractivity contribution in [3.63, 3.8) is 0 Å². The highest BCUT2D eigenvalue weighted by atomic mass is 35.5. The summed E-state index contributed by atoms with van der Waals surface area (Å²) in [4.78, 5) is 28.2. The van der Waals surface area contributed by atoms with E-state index in [0.29, 0.717) is 23.6 Å². The maximum Gasteiger partial charge on any atom is 0.306 e. The van der Waals surface area contributed by atoms with E-state index in [1.54, 1.807) is 19.1 Å². The Balaban J connectivity index is 1.51. The van der Waals surface area contributed by atoms with Crippen LogP contribution in [0.3, 0.4) is 0 Å². The number of benzene rings is 2. The average Bonchev–Trinajstić information content (AvgIpc) is 3.01. The molecular weight excluding hydrogens is 390 g/mol. The Labute approximate surface area is 175 Å². The lowest BCUT2D eigenvalue weighted by Crippen LogP contribution is -2.25. The van der Waals surface area contributed by atoms with Gasteiger partial charge in [-0.3, -0.25) is 9.59 Å². The van der Waals surface area contributed by atoms with Crippen molar-refractivity contribution in [2.75, 3.05) is 6.61 Å². The monoisotopic (exact) mass is 413 g/mol. The molecule has 1 N–H and O–H groups in total. The van der Waals surface area contributed by atoms with Gasteiger partial charge in [-0.15, -0.1) is 0 Å². The number of halogens is 1. The van der Waals surface area contributed by atoms with Crippen molar-refractivity contribution in [3.8, 4) is 5.75 Å².